The van der Waals surface area contributed by atoms with Crippen LogP contribution in [0.15, 0.2) is 65.3 Å². The number of hydrogen-bond acceptors (Lipinski definition) is 5. The van der Waals surface area contributed by atoms with Gasteiger partial charge in [-0.05, 0) is 71.1 Å². The number of thiazole rings is 1. The maximum Gasteiger partial charge on any atom is 0.211 e. The number of carbonyl (C=O) groups excluding carboxylic acids is 2. The van der Waals surface area contributed by atoms with E-state index in [9.17, 15) is 9.59 Å². The summed E-state index contributed by atoms with van der Waals surface area (Å²) in [6.45, 7) is 25.1. The van der Waals surface area contributed by atoms with Crippen molar-refractivity contribution in [2.24, 2.45) is 0 Å². The van der Waals surface area contributed by atoms with Crippen LogP contribution in [0.3, 0.4) is 0 Å². The van der Waals surface area contributed by atoms with Gasteiger partial charge in [0.15, 0.2) is 5.78 Å². The second-order valence-corrected chi connectivity index (χ2v) is 10.6. The minimum Gasteiger partial charge on any atom is -0.379 e. The van der Waals surface area contributed by atoms with Gasteiger partial charge in [-0.1, -0.05) is 90.3 Å². The zero-order valence-corrected chi connectivity index (χ0v) is 28.2. The molecule has 5 nitrogen and oxygen atoms in total. The number of carbonyl (C=O) groups is 2. The number of nitrogens with one attached hydrogen (secondary N) is 1. The molecule has 1 rings (SSSR count). The van der Waals surface area contributed by atoms with Crippen molar-refractivity contribution in [2.45, 2.75) is 114 Å². The second-order valence-electron chi connectivity index (χ2n) is 9.70. The first-order chi connectivity index (χ1) is 19.6. The Morgan fingerprint density at radius 1 is 1.15 bits per heavy atom. The van der Waals surface area contributed by atoms with Crippen molar-refractivity contribution >= 4 is 34.7 Å². The molecule has 1 aromatic heterocycles. The Bertz CT molecular complexity index is 1040. The van der Waals surface area contributed by atoms with Crippen LogP contribution >= 0.6 is 11.3 Å². The average Bonchev–Trinajstić information content (AvgIpc) is 3.44. The van der Waals surface area contributed by atoms with Crippen molar-refractivity contribution in [1.29, 1.82) is 0 Å². The molecule has 0 bridgehead atoms. The third-order valence-electron chi connectivity index (χ3n) is 5.74. The van der Waals surface area contributed by atoms with Gasteiger partial charge >= 0.3 is 0 Å². The third-order valence-corrected chi connectivity index (χ3v) is 6.72. The van der Waals surface area contributed by atoms with E-state index < -0.39 is 0 Å². The molecule has 1 aromatic rings. The molecule has 41 heavy (non-hydrogen) atoms. The Labute approximate surface area is 255 Å². The predicted octanol–water partition coefficient (Wildman–Crippen LogP) is 10.0. The van der Waals surface area contributed by atoms with E-state index in [0.29, 0.717) is 18.1 Å². The Hall–Kier alpha value is -2.83. The summed E-state index contributed by atoms with van der Waals surface area (Å²) in [5.74, 6) is -0.125. The molecule has 230 valence electrons. The number of Topliss-reactive ketones (excluding diaryl/α,β-unsaturated/α-hetero) is 1. The van der Waals surface area contributed by atoms with Crippen LogP contribution in [0.4, 0.5) is 0 Å². The van der Waals surface area contributed by atoms with E-state index in [1.54, 1.807) is 12.2 Å². The maximum absolute atomic E-state index is 11.8. The fraction of sp³-hybridized carbons (Fsp3) is 0.514. The quantitative estimate of drug-likeness (QED) is 0.0908. The van der Waals surface area contributed by atoms with E-state index in [1.807, 2.05) is 25.3 Å². The van der Waals surface area contributed by atoms with Gasteiger partial charge in [-0.3, -0.25) is 9.59 Å². The first-order valence-corrected chi connectivity index (χ1v) is 15.8. The normalized spacial score (nSPS) is 13.4. The van der Waals surface area contributed by atoms with E-state index in [1.165, 1.54) is 49.3 Å². The largest absolute Gasteiger partial charge is 0.379 e. The van der Waals surface area contributed by atoms with Gasteiger partial charge in [0.1, 0.15) is 5.01 Å². The van der Waals surface area contributed by atoms with Crippen LogP contribution in [-0.2, 0) is 14.3 Å². The number of hydrogen-bond donors (Lipinski definition) is 1. The zero-order chi connectivity index (χ0) is 31.6. The lowest BCUT2D eigenvalue weighted by Crippen LogP contribution is -2.06. The van der Waals surface area contributed by atoms with E-state index in [-0.39, 0.29) is 5.78 Å². The molecular formula is C35H56N2O3S. The Kier molecular flexibility index (Phi) is 25.7. The van der Waals surface area contributed by atoms with Crippen molar-refractivity contribution in [3.05, 3.63) is 76.0 Å². The van der Waals surface area contributed by atoms with Crippen LogP contribution in [0.25, 0.3) is 11.1 Å². The van der Waals surface area contributed by atoms with Gasteiger partial charge in [0.2, 0.25) is 6.41 Å². The van der Waals surface area contributed by atoms with Crippen molar-refractivity contribution < 1.29 is 14.3 Å². The SMILES string of the molecule is C=C\C=C/C(=C(\C)CCC)C(=C\C)/c1csc(/C(C)=C/C(=C\NC=O)C(C)=O)n1.CCC.CCCCOC(C)CC. The van der Waals surface area contributed by atoms with Crippen LogP contribution in [0, 0.1) is 0 Å². The van der Waals surface area contributed by atoms with Crippen LogP contribution in [-0.4, -0.2) is 29.9 Å². The van der Waals surface area contributed by atoms with Crippen LogP contribution in [0.1, 0.15) is 118 Å². The number of unbranched alkanes of at least 4 members (excludes halogenated alkanes) is 1. The van der Waals surface area contributed by atoms with Crippen molar-refractivity contribution in [3.63, 3.8) is 0 Å². The number of nitrogens with zero attached hydrogens (tertiary/aromatic N) is 1. The first-order valence-electron chi connectivity index (χ1n) is 14.9. The zero-order valence-electron chi connectivity index (χ0n) is 27.4. The number of ketones is 1. The molecule has 0 fully saturated rings. The fourth-order valence-electron chi connectivity index (χ4n) is 3.37. The van der Waals surface area contributed by atoms with Gasteiger partial charge < -0.3 is 10.1 Å². The summed E-state index contributed by atoms with van der Waals surface area (Å²) >= 11 is 1.53. The highest BCUT2D eigenvalue weighted by Gasteiger charge is 2.13. The maximum atomic E-state index is 11.8. The highest BCUT2D eigenvalue weighted by Crippen LogP contribution is 2.31. The van der Waals surface area contributed by atoms with E-state index in [0.717, 1.165) is 53.3 Å². The third kappa shape index (κ3) is 18.3. The number of aromatic nitrogens is 1. The van der Waals surface area contributed by atoms with Gasteiger partial charge in [-0.25, -0.2) is 4.98 Å². The summed E-state index contributed by atoms with van der Waals surface area (Å²) in [6.07, 6.45) is 18.9. The van der Waals surface area contributed by atoms with Gasteiger partial charge in [0, 0.05) is 29.3 Å². The minimum atomic E-state index is -0.125. The molecule has 1 amide bonds. The molecule has 0 aromatic carbocycles. The summed E-state index contributed by atoms with van der Waals surface area (Å²) in [7, 11) is 0. The van der Waals surface area contributed by atoms with E-state index in [2.05, 4.69) is 72.5 Å². The standard InChI is InChI=1S/C24H30N2O2S.C8H18O.C3H8/c1-7-10-12-22(17(4)11-8-2)21(9-3)23-15-29-24(26-23)18(5)13-20(19(6)28)14-25-16-27;1-4-6-7-9-8(3)5-2;1-3-2/h7,9-10,12-16H,1,8,11H2,2-6H3,(H,25,27);8H,4-7H2,1-3H3;3H2,1-2H3/b12-10-,18-13+,20-14+,21-9+,22-17-;;. The minimum absolute atomic E-state index is 0.125. The topological polar surface area (TPSA) is 68.3 Å². The summed E-state index contributed by atoms with van der Waals surface area (Å²) in [5.41, 5.74) is 5.73. The molecule has 0 aliphatic heterocycles. The molecule has 1 atom stereocenters. The van der Waals surface area contributed by atoms with Crippen molar-refractivity contribution in [1.82, 2.24) is 10.3 Å². The lowest BCUT2D eigenvalue weighted by atomic mass is 9.95. The monoisotopic (exact) mass is 584 g/mol. The smallest absolute Gasteiger partial charge is 0.211 e. The summed E-state index contributed by atoms with van der Waals surface area (Å²) in [5, 5.41) is 5.28. The lowest BCUT2D eigenvalue weighted by molar-refractivity contribution is -0.113. The van der Waals surface area contributed by atoms with Gasteiger partial charge in [0.25, 0.3) is 0 Å². The number of ether oxygens (including phenoxy) is 1. The van der Waals surface area contributed by atoms with Crippen LogP contribution in [0.5, 0.6) is 0 Å². The van der Waals surface area contributed by atoms with Gasteiger partial charge in [-0.2, -0.15) is 0 Å². The van der Waals surface area contributed by atoms with Crippen LogP contribution in [0.2, 0.25) is 0 Å². The molecule has 1 unspecified atom stereocenters. The Morgan fingerprint density at radius 3 is 2.29 bits per heavy atom. The molecule has 0 saturated heterocycles. The molecule has 0 saturated carbocycles. The molecule has 0 spiro atoms. The van der Waals surface area contributed by atoms with Crippen molar-refractivity contribution in [2.75, 3.05) is 6.61 Å². The summed E-state index contributed by atoms with van der Waals surface area (Å²) < 4.78 is 5.43. The average molecular weight is 585 g/mol. The predicted molar refractivity (Wildman–Crippen MR) is 181 cm³/mol. The number of amides is 1. The summed E-state index contributed by atoms with van der Waals surface area (Å²) in [6, 6.07) is 0. The van der Waals surface area contributed by atoms with E-state index in [4.69, 9.17) is 9.72 Å². The molecule has 1 heterocycles. The Balaban J connectivity index is 0. The fourth-order valence-corrected chi connectivity index (χ4v) is 4.17. The van der Waals surface area contributed by atoms with Gasteiger partial charge in [-0.15, -0.1) is 11.3 Å². The highest BCUT2D eigenvalue weighted by molar-refractivity contribution is 7.10. The van der Waals surface area contributed by atoms with Crippen LogP contribution < -0.4 is 5.32 Å². The number of rotatable bonds is 16. The molecule has 0 aliphatic carbocycles. The second kappa shape index (κ2) is 26.1. The lowest BCUT2D eigenvalue weighted by Gasteiger charge is -2.11. The molecular weight excluding hydrogens is 528 g/mol. The Morgan fingerprint density at radius 2 is 1.80 bits per heavy atom. The molecule has 0 aliphatic rings. The highest BCUT2D eigenvalue weighted by atomic mass is 32.1. The molecule has 6 heteroatoms. The van der Waals surface area contributed by atoms with Crippen molar-refractivity contribution in [3.8, 4) is 0 Å². The molecule has 0 radical (unpaired) electrons. The van der Waals surface area contributed by atoms with E-state index >= 15 is 0 Å². The van der Waals surface area contributed by atoms with Gasteiger partial charge in [0.05, 0.1) is 11.8 Å². The first kappa shape index (κ1) is 40.3. The molecule has 1 N–H and O–H groups in total. The summed E-state index contributed by atoms with van der Waals surface area (Å²) in [4.78, 5) is 27.1. The number of allylic oxidation sites excluding steroid dienone is 10.